The molecule has 1 heterocycles. The van der Waals surface area contributed by atoms with E-state index in [1.54, 1.807) is 0 Å². The minimum atomic E-state index is 0.924. The van der Waals surface area contributed by atoms with Crippen molar-refractivity contribution in [3.8, 4) is 5.69 Å². The highest BCUT2D eigenvalue weighted by Gasteiger charge is 2.21. The molecule has 2 aromatic carbocycles. The SMILES string of the molecule is C1=CCCC(c2nnc(C3=CCCC=C3)n2-c2cccc3ccccc23)=C1. The van der Waals surface area contributed by atoms with Crippen LogP contribution in [-0.2, 0) is 0 Å². The summed E-state index contributed by atoms with van der Waals surface area (Å²) in [6.45, 7) is 0. The lowest BCUT2D eigenvalue weighted by molar-refractivity contribution is 0.960. The summed E-state index contributed by atoms with van der Waals surface area (Å²) in [5.74, 6) is 1.87. The third-order valence-electron chi connectivity index (χ3n) is 5.22. The summed E-state index contributed by atoms with van der Waals surface area (Å²) in [5, 5.41) is 11.7. The minimum Gasteiger partial charge on any atom is -0.275 e. The summed E-state index contributed by atoms with van der Waals surface area (Å²) >= 11 is 0. The van der Waals surface area contributed by atoms with Gasteiger partial charge in [-0.1, -0.05) is 72.9 Å². The number of nitrogens with zero attached hydrogens (tertiary/aromatic N) is 3. The molecule has 3 aromatic rings. The molecule has 0 saturated heterocycles. The number of rotatable bonds is 3. The van der Waals surface area contributed by atoms with Crippen LogP contribution in [0, 0.1) is 0 Å². The average molecular weight is 351 g/mol. The van der Waals surface area contributed by atoms with Gasteiger partial charge < -0.3 is 0 Å². The van der Waals surface area contributed by atoms with Gasteiger partial charge in [-0.25, -0.2) is 0 Å². The molecule has 0 bridgehead atoms. The second-order valence-electron chi connectivity index (χ2n) is 6.98. The first-order chi connectivity index (χ1) is 13.4. The molecule has 5 rings (SSSR count). The van der Waals surface area contributed by atoms with Crippen LogP contribution in [0.15, 0.2) is 78.9 Å². The molecule has 0 unspecified atom stereocenters. The van der Waals surface area contributed by atoms with E-state index >= 15 is 0 Å². The number of benzene rings is 2. The molecule has 132 valence electrons. The van der Waals surface area contributed by atoms with Gasteiger partial charge in [0.25, 0.3) is 0 Å². The van der Waals surface area contributed by atoms with E-state index in [-0.39, 0.29) is 0 Å². The van der Waals surface area contributed by atoms with Gasteiger partial charge in [0.05, 0.1) is 5.69 Å². The van der Waals surface area contributed by atoms with E-state index in [1.807, 2.05) is 0 Å². The van der Waals surface area contributed by atoms with Gasteiger partial charge in [0.1, 0.15) is 0 Å². The molecule has 0 aliphatic heterocycles. The molecule has 0 radical (unpaired) electrons. The lowest BCUT2D eigenvalue weighted by atomic mass is 10.0. The topological polar surface area (TPSA) is 30.7 Å². The van der Waals surface area contributed by atoms with E-state index in [9.17, 15) is 0 Å². The van der Waals surface area contributed by atoms with E-state index in [0.717, 1.165) is 48.6 Å². The monoisotopic (exact) mass is 351 g/mol. The lowest BCUT2D eigenvalue weighted by Gasteiger charge is -2.16. The number of hydrogen-bond acceptors (Lipinski definition) is 2. The summed E-state index contributed by atoms with van der Waals surface area (Å²) in [7, 11) is 0. The predicted octanol–water partition coefficient (Wildman–Crippen LogP) is 5.89. The first-order valence-electron chi connectivity index (χ1n) is 9.58. The van der Waals surface area contributed by atoms with Crippen LogP contribution in [0.3, 0.4) is 0 Å². The molecule has 2 aliphatic carbocycles. The Labute approximate surface area is 159 Å². The summed E-state index contributed by atoms with van der Waals surface area (Å²) in [6.07, 6.45) is 17.3. The Morgan fingerprint density at radius 1 is 0.815 bits per heavy atom. The smallest absolute Gasteiger partial charge is 0.168 e. The van der Waals surface area contributed by atoms with Crippen molar-refractivity contribution in [2.24, 2.45) is 0 Å². The fourth-order valence-corrected chi connectivity index (χ4v) is 3.88. The Kier molecular flexibility index (Phi) is 4.06. The van der Waals surface area contributed by atoms with Crippen LogP contribution in [0.2, 0.25) is 0 Å². The summed E-state index contributed by atoms with van der Waals surface area (Å²) in [4.78, 5) is 0. The van der Waals surface area contributed by atoms with Gasteiger partial charge in [0.15, 0.2) is 11.6 Å². The Hall–Kier alpha value is -3.20. The van der Waals surface area contributed by atoms with Crippen molar-refractivity contribution in [2.75, 3.05) is 0 Å². The zero-order valence-electron chi connectivity index (χ0n) is 15.2. The van der Waals surface area contributed by atoms with Gasteiger partial charge in [0, 0.05) is 11.0 Å². The second kappa shape index (κ2) is 6.84. The highest BCUT2D eigenvalue weighted by Crippen LogP contribution is 2.32. The third-order valence-corrected chi connectivity index (χ3v) is 5.22. The fourth-order valence-electron chi connectivity index (χ4n) is 3.88. The summed E-state index contributed by atoms with van der Waals surface area (Å²) in [6, 6.07) is 15.0. The van der Waals surface area contributed by atoms with Crippen LogP contribution in [0.4, 0.5) is 0 Å². The maximum Gasteiger partial charge on any atom is 0.168 e. The first kappa shape index (κ1) is 16.0. The van der Waals surface area contributed by atoms with Crippen LogP contribution < -0.4 is 0 Å². The van der Waals surface area contributed by atoms with Crippen molar-refractivity contribution in [3.63, 3.8) is 0 Å². The van der Waals surface area contributed by atoms with Crippen LogP contribution in [0.5, 0.6) is 0 Å². The van der Waals surface area contributed by atoms with E-state index in [4.69, 9.17) is 0 Å². The molecular formula is C24H21N3. The van der Waals surface area contributed by atoms with Gasteiger partial charge in [-0.15, -0.1) is 10.2 Å². The molecule has 3 nitrogen and oxygen atoms in total. The highest BCUT2D eigenvalue weighted by atomic mass is 15.3. The van der Waals surface area contributed by atoms with Gasteiger partial charge in [-0.2, -0.15) is 0 Å². The van der Waals surface area contributed by atoms with Crippen molar-refractivity contribution in [2.45, 2.75) is 25.7 Å². The van der Waals surface area contributed by atoms with Crippen molar-refractivity contribution < 1.29 is 0 Å². The number of hydrogen-bond donors (Lipinski definition) is 0. The van der Waals surface area contributed by atoms with Crippen LogP contribution in [0.1, 0.15) is 37.3 Å². The normalized spacial score (nSPS) is 16.4. The highest BCUT2D eigenvalue weighted by molar-refractivity contribution is 5.91. The molecule has 3 heteroatoms. The van der Waals surface area contributed by atoms with Crippen LogP contribution in [0.25, 0.3) is 27.6 Å². The van der Waals surface area contributed by atoms with Gasteiger partial charge in [-0.05, 0) is 42.7 Å². The van der Waals surface area contributed by atoms with Crippen molar-refractivity contribution in [1.29, 1.82) is 0 Å². The lowest BCUT2D eigenvalue weighted by Crippen LogP contribution is -2.06. The zero-order chi connectivity index (χ0) is 18.1. The van der Waals surface area contributed by atoms with Gasteiger partial charge in [0.2, 0.25) is 0 Å². The Balaban J connectivity index is 1.79. The molecule has 0 atom stereocenters. The molecule has 0 N–H and O–H groups in total. The standard InChI is InChI=1S/C24H21N3/c1-3-11-19(12-4-1)23-25-26-24(20-13-5-2-6-14-20)27(23)22-17-9-15-18-10-7-8-16-21(18)22/h1,3,5,7-11,13-17H,2,4,6,12H2. The number of allylic oxidation sites excluding steroid dienone is 8. The molecule has 0 saturated carbocycles. The third kappa shape index (κ3) is 2.85. The Morgan fingerprint density at radius 2 is 1.70 bits per heavy atom. The van der Waals surface area contributed by atoms with Gasteiger partial charge >= 0.3 is 0 Å². The molecule has 0 amide bonds. The molecule has 27 heavy (non-hydrogen) atoms. The van der Waals surface area contributed by atoms with Crippen molar-refractivity contribution in [1.82, 2.24) is 14.8 Å². The summed E-state index contributed by atoms with van der Waals surface area (Å²) < 4.78 is 2.24. The molecule has 0 spiro atoms. The molecular weight excluding hydrogens is 330 g/mol. The number of fused-ring (bicyclic) bond motifs is 1. The quantitative estimate of drug-likeness (QED) is 0.589. The van der Waals surface area contributed by atoms with E-state index in [0.29, 0.717) is 0 Å². The van der Waals surface area contributed by atoms with Crippen molar-refractivity contribution in [3.05, 3.63) is 90.6 Å². The Morgan fingerprint density at radius 3 is 2.56 bits per heavy atom. The zero-order valence-corrected chi connectivity index (χ0v) is 15.2. The summed E-state index contributed by atoms with van der Waals surface area (Å²) in [5.41, 5.74) is 3.53. The van der Waals surface area contributed by atoms with E-state index < -0.39 is 0 Å². The van der Waals surface area contributed by atoms with E-state index in [1.165, 1.54) is 16.3 Å². The minimum absolute atomic E-state index is 0.924. The largest absolute Gasteiger partial charge is 0.275 e. The molecule has 2 aliphatic rings. The maximum atomic E-state index is 4.63. The van der Waals surface area contributed by atoms with Crippen LogP contribution >= 0.6 is 0 Å². The second-order valence-corrected chi connectivity index (χ2v) is 6.98. The fraction of sp³-hybridized carbons (Fsp3) is 0.167. The van der Waals surface area contributed by atoms with Crippen molar-refractivity contribution >= 4 is 21.9 Å². The van der Waals surface area contributed by atoms with Gasteiger partial charge in [-0.3, -0.25) is 4.57 Å². The van der Waals surface area contributed by atoms with Crippen LogP contribution in [-0.4, -0.2) is 14.8 Å². The Bertz CT molecular complexity index is 1120. The average Bonchev–Trinajstić information content (AvgIpc) is 3.19. The molecule has 1 aromatic heterocycles. The van der Waals surface area contributed by atoms with E-state index in [2.05, 4.69) is 93.7 Å². The predicted molar refractivity (Wildman–Crippen MR) is 112 cm³/mol. The first-order valence-corrected chi connectivity index (χ1v) is 9.58. The number of aromatic nitrogens is 3. The maximum absolute atomic E-state index is 4.63. The molecule has 0 fully saturated rings.